The summed E-state index contributed by atoms with van der Waals surface area (Å²) in [6.45, 7) is 2.21. The molecule has 6 aromatic rings. The fraction of sp³-hybridized carbons (Fsp3) is 0.231. The van der Waals surface area contributed by atoms with E-state index in [9.17, 15) is 4.79 Å². The van der Waals surface area contributed by atoms with Gasteiger partial charge in [-0.1, -0.05) is 110 Å². The smallest absolute Gasteiger partial charge is 0.224 e. The Bertz CT molecular complexity index is 1800. The van der Waals surface area contributed by atoms with Crippen molar-refractivity contribution in [2.45, 2.75) is 45.1 Å². The molecule has 0 radical (unpaired) electrons. The lowest BCUT2D eigenvalue weighted by atomic mass is 10.0. The van der Waals surface area contributed by atoms with Crippen LogP contribution in [-0.2, 0) is 24.2 Å². The second kappa shape index (κ2) is 14.5. The molecule has 0 aliphatic heterocycles. The number of carbonyl (C=O) groups excluding carboxylic acids is 1. The molecule has 0 saturated heterocycles. The number of rotatable bonds is 14. The SMILES string of the molecule is O=C(Cc1ccc(-c2ccccc2)cc1)NCCCCCc1nc2ccccc2n1CCCOc1cccc2ccccc12. The molecular formula is C39H39N3O2. The first-order valence-corrected chi connectivity index (χ1v) is 15.7. The number of para-hydroxylation sites is 2. The largest absolute Gasteiger partial charge is 0.493 e. The summed E-state index contributed by atoms with van der Waals surface area (Å²) >= 11 is 0. The molecule has 0 aliphatic carbocycles. The van der Waals surface area contributed by atoms with Gasteiger partial charge < -0.3 is 14.6 Å². The van der Waals surface area contributed by atoms with Gasteiger partial charge in [-0.15, -0.1) is 0 Å². The summed E-state index contributed by atoms with van der Waals surface area (Å²) in [4.78, 5) is 17.5. The average Bonchev–Trinajstić information content (AvgIpc) is 3.42. The van der Waals surface area contributed by atoms with Crippen LogP contribution in [0.15, 0.2) is 121 Å². The van der Waals surface area contributed by atoms with Gasteiger partial charge in [0.15, 0.2) is 0 Å². The number of carbonyl (C=O) groups is 1. The highest BCUT2D eigenvalue weighted by molar-refractivity contribution is 5.88. The van der Waals surface area contributed by atoms with Crippen LogP contribution in [0.2, 0.25) is 0 Å². The zero-order chi connectivity index (χ0) is 30.0. The number of unbranched alkanes of at least 4 members (excludes halogenated alkanes) is 2. The van der Waals surface area contributed by atoms with Gasteiger partial charge in [0.2, 0.25) is 5.91 Å². The van der Waals surface area contributed by atoms with Crippen molar-refractivity contribution in [3.8, 4) is 16.9 Å². The minimum absolute atomic E-state index is 0.0740. The molecule has 44 heavy (non-hydrogen) atoms. The number of aryl methyl sites for hydroxylation is 2. The molecule has 0 saturated carbocycles. The number of hydrogen-bond donors (Lipinski definition) is 1. The number of nitrogens with one attached hydrogen (secondary N) is 1. The molecule has 0 bridgehead atoms. The summed E-state index contributed by atoms with van der Waals surface area (Å²) < 4.78 is 8.56. The first kappa shape index (κ1) is 29.2. The zero-order valence-corrected chi connectivity index (χ0v) is 25.1. The van der Waals surface area contributed by atoms with E-state index in [1.54, 1.807) is 0 Å². The summed E-state index contributed by atoms with van der Waals surface area (Å²) in [7, 11) is 0. The van der Waals surface area contributed by atoms with Crippen LogP contribution in [-0.4, -0.2) is 28.6 Å². The summed E-state index contributed by atoms with van der Waals surface area (Å²) in [6, 6.07) is 41.5. The van der Waals surface area contributed by atoms with Crippen molar-refractivity contribution in [1.82, 2.24) is 14.9 Å². The molecule has 1 aromatic heterocycles. The van der Waals surface area contributed by atoms with E-state index in [-0.39, 0.29) is 5.91 Å². The molecule has 1 N–H and O–H groups in total. The molecule has 0 spiro atoms. The van der Waals surface area contributed by atoms with E-state index in [1.807, 2.05) is 42.5 Å². The molecule has 222 valence electrons. The van der Waals surface area contributed by atoms with Crippen molar-refractivity contribution in [3.63, 3.8) is 0 Å². The number of imidazole rings is 1. The third-order valence-corrected chi connectivity index (χ3v) is 8.09. The second-order valence-electron chi connectivity index (χ2n) is 11.2. The van der Waals surface area contributed by atoms with Gasteiger partial charge in [0.05, 0.1) is 24.1 Å². The van der Waals surface area contributed by atoms with Gasteiger partial charge >= 0.3 is 0 Å². The van der Waals surface area contributed by atoms with Gasteiger partial charge in [-0.3, -0.25) is 4.79 Å². The number of ether oxygens (including phenoxy) is 1. The van der Waals surface area contributed by atoms with Gasteiger partial charge in [0.25, 0.3) is 0 Å². The minimum atomic E-state index is 0.0740. The number of benzene rings is 5. The van der Waals surface area contributed by atoms with Crippen LogP contribution in [0.3, 0.4) is 0 Å². The van der Waals surface area contributed by atoms with Crippen LogP contribution < -0.4 is 10.1 Å². The molecule has 5 nitrogen and oxygen atoms in total. The van der Waals surface area contributed by atoms with E-state index in [0.717, 1.165) is 72.3 Å². The molecular weight excluding hydrogens is 542 g/mol. The van der Waals surface area contributed by atoms with Crippen molar-refractivity contribution in [1.29, 1.82) is 0 Å². The fourth-order valence-electron chi connectivity index (χ4n) is 5.80. The van der Waals surface area contributed by atoms with Crippen LogP contribution in [0.5, 0.6) is 5.75 Å². The molecule has 1 amide bonds. The van der Waals surface area contributed by atoms with Crippen LogP contribution in [0.4, 0.5) is 0 Å². The maximum atomic E-state index is 12.5. The number of amides is 1. The lowest BCUT2D eigenvalue weighted by molar-refractivity contribution is -0.120. The Morgan fingerprint density at radius 3 is 2.34 bits per heavy atom. The first-order valence-electron chi connectivity index (χ1n) is 15.7. The maximum Gasteiger partial charge on any atom is 0.224 e. The van der Waals surface area contributed by atoms with E-state index >= 15 is 0 Å². The number of hydrogen-bond acceptors (Lipinski definition) is 3. The molecule has 0 atom stereocenters. The Balaban J connectivity index is 0.943. The number of fused-ring (bicyclic) bond motifs is 2. The van der Waals surface area contributed by atoms with Gasteiger partial charge in [-0.25, -0.2) is 4.98 Å². The summed E-state index contributed by atoms with van der Waals surface area (Å²) in [5, 5.41) is 5.44. The Morgan fingerprint density at radius 2 is 1.45 bits per heavy atom. The van der Waals surface area contributed by atoms with Crippen molar-refractivity contribution in [3.05, 3.63) is 133 Å². The fourth-order valence-corrected chi connectivity index (χ4v) is 5.80. The Labute approximate surface area is 259 Å². The highest BCUT2D eigenvalue weighted by atomic mass is 16.5. The van der Waals surface area contributed by atoms with Crippen molar-refractivity contribution in [2.75, 3.05) is 13.2 Å². The summed E-state index contributed by atoms with van der Waals surface area (Å²) in [5.41, 5.74) is 5.60. The molecule has 5 aromatic carbocycles. The topological polar surface area (TPSA) is 56.2 Å². The van der Waals surface area contributed by atoms with Gasteiger partial charge in [0.1, 0.15) is 11.6 Å². The van der Waals surface area contributed by atoms with Crippen LogP contribution in [0.25, 0.3) is 32.9 Å². The summed E-state index contributed by atoms with van der Waals surface area (Å²) in [6.07, 6.45) is 5.26. The number of aromatic nitrogens is 2. The monoisotopic (exact) mass is 581 g/mol. The molecule has 1 heterocycles. The minimum Gasteiger partial charge on any atom is -0.493 e. The second-order valence-corrected chi connectivity index (χ2v) is 11.2. The number of nitrogens with zero attached hydrogens (tertiary/aromatic N) is 2. The molecule has 0 aliphatic rings. The Morgan fingerprint density at radius 1 is 0.705 bits per heavy atom. The standard InChI is InChI=1S/C39H39N3O2/c43-39(29-30-22-24-32(25-23-30)31-13-3-1-4-14-31)40-26-10-2-5-21-38-41-35-18-8-9-19-36(35)42(38)27-12-28-44-37-20-11-16-33-15-6-7-17-34(33)37/h1,3-4,6-9,11,13-20,22-25H,2,5,10,12,21,26-29H2,(H,40,43). The molecule has 6 rings (SSSR count). The van der Waals surface area contributed by atoms with E-state index in [1.165, 1.54) is 16.5 Å². The molecule has 0 unspecified atom stereocenters. The molecule has 5 heteroatoms. The third-order valence-electron chi connectivity index (χ3n) is 8.09. The lowest BCUT2D eigenvalue weighted by Crippen LogP contribution is -2.26. The normalized spacial score (nSPS) is 11.2. The Kier molecular flexibility index (Phi) is 9.63. The van der Waals surface area contributed by atoms with Crippen LogP contribution >= 0.6 is 0 Å². The van der Waals surface area contributed by atoms with E-state index < -0.39 is 0 Å². The van der Waals surface area contributed by atoms with Crippen molar-refractivity contribution >= 4 is 27.7 Å². The van der Waals surface area contributed by atoms with Gasteiger partial charge in [0, 0.05) is 24.9 Å². The first-order chi connectivity index (χ1) is 21.7. The van der Waals surface area contributed by atoms with E-state index in [0.29, 0.717) is 19.6 Å². The van der Waals surface area contributed by atoms with Crippen molar-refractivity contribution in [2.24, 2.45) is 0 Å². The predicted molar refractivity (Wildman–Crippen MR) is 180 cm³/mol. The van der Waals surface area contributed by atoms with Crippen molar-refractivity contribution < 1.29 is 9.53 Å². The highest BCUT2D eigenvalue weighted by Crippen LogP contribution is 2.26. The van der Waals surface area contributed by atoms with E-state index in [4.69, 9.17) is 9.72 Å². The van der Waals surface area contributed by atoms with Crippen LogP contribution in [0, 0.1) is 0 Å². The molecule has 0 fully saturated rings. The lowest BCUT2D eigenvalue weighted by Gasteiger charge is -2.12. The summed E-state index contributed by atoms with van der Waals surface area (Å²) in [5.74, 6) is 2.14. The van der Waals surface area contributed by atoms with Gasteiger partial charge in [-0.05, 0) is 59.5 Å². The Hall–Kier alpha value is -4.90. The van der Waals surface area contributed by atoms with Crippen LogP contribution in [0.1, 0.15) is 37.1 Å². The maximum absolute atomic E-state index is 12.5. The highest BCUT2D eigenvalue weighted by Gasteiger charge is 2.11. The predicted octanol–water partition coefficient (Wildman–Crippen LogP) is 8.40. The third kappa shape index (κ3) is 7.35. The van der Waals surface area contributed by atoms with E-state index in [2.05, 4.69) is 88.7 Å². The average molecular weight is 582 g/mol. The zero-order valence-electron chi connectivity index (χ0n) is 25.1. The van der Waals surface area contributed by atoms with Gasteiger partial charge in [-0.2, -0.15) is 0 Å². The quantitative estimate of drug-likeness (QED) is 0.131.